The molecular weight excluding hydrogens is 210 g/mol. The van der Waals surface area contributed by atoms with Crippen molar-refractivity contribution in [2.24, 2.45) is 0 Å². The van der Waals surface area contributed by atoms with Crippen LogP contribution in [-0.4, -0.2) is 34.7 Å². The molecule has 1 amide bonds. The van der Waals surface area contributed by atoms with E-state index in [2.05, 4.69) is 11.2 Å². The lowest BCUT2D eigenvalue weighted by atomic mass is 9.94. The summed E-state index contributed by atoms with van der Waals surface area (Å²) in [5, 5.41) is 11.4. The Morgan fingerprint density at radius 3 is 2.53 bits per heavy atom. The van der Waals surface area contributed by atoms with E-state index in [1.807, 2.05) is 13.8 Å². The van der Waals surface area contributed by atoms with Crippen LogP contribution in [0.25, 0.3) is 0 Å². The highest BCUT2D eigenvalue weighted by Gasteiger charge is 2.24. The van der Waals surface area contributed by atoms with Crippen LogP contribution in [0.4, 0.5) is 0 Å². The van der Waals surface area contributed by atoms with Gasteiger partial charge >= 0.3 is 0 Å². The summed E-state index contributed by atoms with van der Waals surface area (Å²) in [6, 6.07) is 0. The molecular formula is C11H19NO2S. The number of nitrogens with one attached hydrogen (secondary N) is 1. The predicted molar refractivity (Wildman–Crippen MR) is 64.7 cm³/mol. The molecule has 0 spiro atoms. The topological polar surface area (TPSA) is 49.3 Å². The van der Waals surface area contributed by atoms with E-state index >= 15 is 0 Å². The molecule has 0 bridgehead atoms. The first-order chi connectivity index (χ1) is 7.14. The van der Waals surface area contributed by atoms with Crippen LogP contribution in [0.3, 0.4) is 0 Å². The van der Waals surface area contributed by atoms with E-state index in [0.717, 1.165) is 12.8 Å². The van der Waals surface area contributed by atoms with Crippen molar-refractivity contribution in [2.75, 3.05) is 18.1 Å². The Hall–Kier alpha value is -0.660. The van der Waals surface area contributed by atoms with Crippen LogP contribution in [0, 0.1) is 12.3 Å². The van der Waals surface area contributed by atoms with Crippen molar-refractivity contribution in [3.05, 3.63) is 0 Å². The van der Waals surface area contributed by atoms with E-state index in [0.29, 0.717) is 11.5 Å². The van der Waals surface area contributed by atoms with Gasteiger partial charge in [-0.25, -0.2) is 0 Å². The van der Waals surface area contributed by atoms with E-state index in [1.165, 1.54) is 11.8 Å². The zero-order valence-electron chi connectivity index (χ0n) is 9.38. The quantitative estimate of drug-likeness (QED) is 0.506. The molecule has 0 fully saturated rings. The fraction of sp³-hybridized carbons (Fsp3) is 0.727. The third-order valence-corrected chi connectivity index (χ3v) is 3.27. The van der Waals surface area contributed by atoms with Crippen molar-refractivity contribution in [3.63, 3.8) is 0 Å². The van der Waals surface area contributed by atoms with Gasteiger partial charge in [0, 0.05) is 5.75 Å². The maximum Gasteiger partial charge on any atom is 0.231 e. The molecule has 15 heavy (non-hydrogen) atoms. The lowest BCUT2D eigenvalue weighted by Gasteiger charge is -2.26. The van der Waals surface area contributed by atoms with Crippen molar-refractivity contribution in [1.82, 2.24) is 5.32 Å². The van der Waals surface area contributed by atoms with Crippen LogP contribution in [0.2, 0.25) is 0 Å². The molecule has 0 unspecified atom stereocenters. The summed E-state index contributed by atoms with van der Waals surface area (Å²) in [6.07, 6.45) is 6.89. The van der Waals surface area contributed by atoms with Gasteiger partial charge in [-0.1, -0.05) is 19.8 Å². The van der Waals surface area contributed by atoms with Gasteiger partial charge in [-0.3, -0.25) is 4.79 Å². The molecule has 0 aromatic carbocycles. The second kappa shape index (κ2) is 7.61. The van der Waals surface area contributed by atoms with E-state index < -0.39 is 5.54 Å². The number of carbonyl (C=O) groups excluding carboxylic acids is 1. The molecule has 0 radical (unpaired) electrons. The summed E-state index contributed by atoms with van der Waals surface area (Å²) >= 11 is 1.40. The minimum atomic E-state index is -0.503. The second-order valence-electron chi connectivity index (χ2n) is 3.26. The van der Waals surface area contributed by atoms with Gasteiger partial charge < -0.3 is 10.4 Å². The molecule has 0 aromatic rings. The van der Waals surface area contributed by atoms with Gasteiger partial charge in [-0.15, -0.1) is 18.2 Å². The maximum atomic E-state index is 11.5. The Bertz CT molecular complexity index is 231. The van der Waals surface area contributed by atoms with Crippen LogP contribution >= 0.6 is 11.8 Å². The average Bonchev–Trinajstić information content (AvgIpc) is 2.26. The number of aliphatic hydroxyl groups is 1. The first kappa shape index (κ1) is 14.3. The van der Waals surface area contributed by atoms with Gasteiger partial charge in [0.15, 0.2) is 0 Å². The number of aliphatic hydroxyl groups excluding tert-OH is 1. The highest BCUT2D eigenvalue weighted by Crippen LogP contribution is 2.13. The standard InChI is InChI=1S/C11H19NO2S/c1-4-11(5-2,6-3)12-10(14)9-15-8-7-13/h1,13H,5-9H2,2-3H3,(H,12,14). The molecule has 0 aromatic heterocycles. The summed E-state index contributed by atoms with van der Waals surface area (Å²) in [5.74, 6) is 3.51. The van der Waals surface area contributed by atoms with Gasteiger partial charge in [0.1, 0.15) is 5.54 Å². The molecule has 3 nitrogen and oxygen atoms in total. The average molecular weight is 229 g/mol. The summed E-state index contributed by atoms with van der Waals surface area (Å²) in [4.78, 5) is 11.5. The summed E-state index contributed by atoms with van der Waals surface area (Å²) in [6.45, 7) is 4.02. The molecule has 0 saturated carbocycles. The van der Waals surface area contributed by atoms with E-state index in [9.17, 15) is 4.79 Å². The van der Waals surface area contributed by atoms with Crippen molar-refractivity contribution < 1.29 is 9.90 Å². The van der Waals surface area contributed by atoms with Crippen LogP contribution in [0.5, 0.6) is 0 Å². The Balaban J connectivity index is 4.08. The lowest BCUT2D eigenvalue weighted by Crippen LogP contribution is -2.47. The summed E-state index contributed by atoms with van der Waals surface area (Å²) < 4.78 is 0. The minimum Gasteiger partial charge on any atom is -0.396 e. The van der Waals surface area contributed by atoms with Gasteiger partial charge in [-0.2, -0.15) is 0 Å². The molecule has 4 heteroatoms. The monoisotopic (exact) mass is 229 g/mol. The second-order valence-corrected chi connectivity index (χ2v) is 4.36. The molecule has 2 N–H and O–H groups in total. The first-order valence-corrected chi connectivity index (χ1v) is 6.27. The fourth-order valence-electron chi connectivity index (χ4n) is 1.20. The zero-order chi connectivity index (χ0) is 11.7. The smallest absolute Gasteiger partial charge is 0.231 e. The largest absolute Gasteiger partial charge is 0.396 e. The highest BCUT2D eigenvalue weighted by molar-refractivity contribution is 7.99. The lowest BCUT2D eigenvalue weighted by molar-refractivity contribution is -0.119. The SMILES string of the molecule is C#CC(CC)(CC)NC(=O)CSCCO. The van der Waals surface area contributed by atoms with Crippen molar-refractivity contribution in [1.29, 1.82) is 0 Å². The van der Waals surface area contributed by atoms with Gasteiger partial charge in [0.25, 0.3) is 0 Å². The molecule has 0 aliphatic heterocycles. The summed E-state index contributed by atoms with van der Waals surface area (Å²) in [5.41, 5.74) is -0.503. The molecule has 0 aliphatic carbocycles. The van der Waals surface area contributed by atoms with Gasteiger partial charge in [-0.05, 0) is 12.8 Å². The third kappa shape index (κ3) is 5.10. The maximum absolute atomic E-state index is 11.5. The Morgan fingerprint density at radius 2 is 2.13 bits per heavy atom. The number of amides is 1. The van der Waals surface area contributed by atoms with Crippen molar-refractivity contribution in [3.8, 4) is 12.3 Å². The minimum absolute atomic E-state index is 0.0601. The number of hydrogen-bond donors (Lipinski definition) is 2. The first-order valence-electron chi connectivity index (χ1n) is 5.11. The van der Waals surface area contributed by atoms with Gasteiger partial charge in [0.2, 0.25) is 5.91 Å². The Morgan fingerprint density at radius 1 is 1.53 bits per heavy atom. The van der Waals surface area contributed by atoms with Crippen molar-refractivity contribution >= 4 is 17.7 Å². The number of terminal acetylenes is 1. The zero-order valence-corrected chi connectivity index (χ0v) is 10.2. The number of rotatable bonds is 7. The van der Waals surface area contributed by atoms with Crippen LogP contribution in [0.15, 0.2) is 0 Å². The van der Waals surface area contributed by atoms with E-state index in [-0.39, 0.29) is 12.5 Å². The van der Waals surface area contributed by atoms with Gasteiger partial charge in [0.05, 0.1) is 12.4 Å². The molecule has 0 rings (SSSR count). The molecule has 0 heterocycles. The molecule has 0 atom stereocenters. The highest BCUT2D eigenvalue weighted by atomic mass is 32.2. The number of carbonyl (C=O) groups is 1. The predicted octanol–water partition coefficient (Wildman–Crippen LogP) is 1.02. The summed E-state index contributed by atoms with van der Waals surface area (Å²) in [7, 11) is 0. The molecule has 0 aliphatic rings. The Labute approximate surface area is 96.0 Å². The number of hydrogen-bond acceptors (Lipinski definition) is 3. The molecule has 86 valence electrons. The van der Waals surface area contributed by atoms with Crippen molar-refractivity contribution in [2.45, 2.75) is 32.2 Å². The molecule has 0 saturated heterocycles. The van der Waals surface area contributed by atoms with Crippen LogP contribution in [-0.2, 0) is 4.79 Å². The number of thioether (sulfide) groups is 1. The Kier molecular flexibility index (Phi) is 7.27. The van der Waals surface area contributed by atoms with Crippen LogP contribution in [0.1, 0.15) is 26.7 Å². The van der Waals surface area contributed by atoms with Crippen LogP contribution < -0.4 is 5.32 Å². The van der Waals surface area contributed by atoms with E-state index in [4.69, 9.17) is 11.5 Å². The fourth-order valence-corrected chi connectivity index (χ4v) is 1.73. The van der Waals surface area contributed by atoms with E-state index in [1.54, 1.807) is 0 Å². The third-order valence-electron chi connectivity index (χ3n) is 2.33. The normalized spacial score (nSPS) is 10.8.